The number of nitrogens with one attached hydrogen (secondary N) is 2. The molecular formula is C10H14N8O2S. The minimum absolute atomic E-state index is 0.0739. The van der Waals surface area contributed by atoms with Crippen molar-refractivity contribution in [3.8, 4) is 5.95 Å². The van der Waals surface area contributed by atoms with Gasteiger partial charge in [0.05, 0.1) is 11.5 Å². The molecule has 1 aliphatic rings. The first kappa shape index (κ1) is 13.7. The number of hydrogen-bond donors (Lipinski definition) is 3. The normalized spacial score (nSPS) is 20.3. The molecule has 0 bridgehead atoms. The van der Waals surface area contributed by atoms with Gasteiger partial charge in [-0.15, -0.1) is 0 Å². The van der Waals surface area contributed by atoms with E-state index in [4.69, 9.17) is 5.84 Å². The van der Waals surface area contributed by atoms with E-state index in [0.717, 1.165) is 0 Å². The summed E-state index contributed by atoms with van der Waals surface area (Å²) in [6.45, 7) is 0. The maximum absolute atomic E-state index is 11.5. The third-order valence-electron chi connectivity index (χ3n) is 3.05. The molecule has 21 heavy (non-hydrogen) atoms. The molecule has 1 saturated heterocycles. The average molecular weight is 310 g/mol. The molecule has 2 aromatic heterocycles. The second-order valence-corrected chi connectivity index (χ2v) is 6.87. The Bertz CT molecular complexity index is 730. The third-order valence-corrected chi connectivity index (χ3v) is 4.82. The number of nitrogens with two attached hydrogens (primary N) is 1. The smallest absolute Gasteiger partial charge is 0.243 e. The molecule has 3 rings (SSSR count). The Balaban J connectivity index is 1.86. The van der Waals surface area contributed by atoms with E-state index in [-0.39, 0.29) is 29.4 Å². The van der Waals surface area contributed by atoms with Crippen molar-refractivity contribution in [1.29, 1.82) is 0 Å². The first-order chi connectivity index (χ1) is 10.1. The Morgan fingerprint density at radius 1 is 1.29 bits per heavy atom. The fourth-order valence-electron chi connectivity index (χ4n) is 2.08. The summed E-state index contributed by atoms with van der Waals surface area (Å²) in [4.78, 5) is 16.3. The van der Waals surface area contributed by atoms with Crippen molar-refractivity contribution in [2.24, 2.45) is 5.84 Å². The van der Waals surface area contributed by atoms with Crippen LogP contribution in [-0.4, -0.2) is 50.5 Å². The molecule has 0 spiro atoms. The van der Waals surface area contributed by atoms with E-state index in [1.54, 1.807) is 23.3 Å². The lowest BCUT2D eigenvalue weighted by molar-refractivity contribution is 0.602. The van der Waals surface area contributed by atoms with E-state index in [9.17, 15) is 8.42 Å². The highest BCUT2D eigenvalue weighted by atomic mass is 32.2. The van der Waals surface area contributed by atoms with Crippen LogP contribution in [0.2, 0.25) is 0 Å². The van der Waals surface area contributed by atoms with Crippen molar-refractivity contribution in [3.63, 3.8) is 0 Å². The zero-order chi connectivity index (χ0) is 14.9. The van der Waals surface area contributed by atoms with Gasteiger partial charge in [-0.2, -0.15) is 15.0 Å². The van der Waals surface area contributed by atoms with Crippen molar-refractivity contribution < 1.29 is 8.42 Å². The lowest BCUT2D eigenvalue weighted by Gasteiger charge is -2.12. The zero-order valence-electron chi connectivity index (χ0n) is 11.0. The van der Waals surface area contributed by atoms with Crippen LogP contribution < -0.4 is 16.6 Å². The molecule has 0 radical (unpaired) electrons. The van der Waals surface area contributed by atoms with Crippen LogP contribution in [0.25, 0.3) is 5.95 Å². The van der Waals surface area contributed by atoms with Gasteiger partial charge in [-0.3, -0.25) is 9.99 Å². The minimum atomic E-state index is -2.97. The molecule has 11 heteroatoms. The topological polar surface area (TPSA) is 141 Å². The van der Waals surface area contributed by atoms with Crippen molar-refractivity contribution in [2.45, 2.75) is 12.5 Å². The fraction of sp³-hybridized carbons (Fsp3) is 0.400. The molecule has 1 fully saturated rings. The van der Waals surface area contributed by atoms with E-state index < -0.39 is 9.84 Å². The molecule has 3 heterocycles. The van der Waals surface area contributed by atoms with Gasteiger partial charge in [-0.1, -0.05) is 0 Å². The number of rotatable bonds is 4. The van der Waals surface area contributed by atoms with Gasteiger partial charge >= 0.3 is 0 Å². The van der Waals surface area contributed by atoms with Crippen LogP contribution in [0.15, 0.2) is 18.7 Å². The number of hydrogen-bond acceptors (Lipinski definition) is 9. The maximum atomic E-state index is 11.5. The Morgan fingerprint density at radius 3 is 2.71 bits per heavy atom. The molecule has 0 saturated carbocycles. The van der Waals surface area contributed by atoms with Gasteiger partial charge in [-0.25, -0.2) is 19.2 Å². The van der Waals surface area contributed by atoms with Crippen LogP contribution in [0.1, 0.15) is 6.42 Å². The standard InChI is InChI=1S/C10H14N8O2S/c11-17-9-14-8(13-7-1-4-21(19,20)5-7)15-10(16-9)18-3-2-12-6-18/h2-3,6-7H,1,4-5,11H2,(H2,13,14,15,16,17). The van der Waals surface area contributed by atoms with Gasteiger partial charge in [0.2, 0.25) is 17.8 Å². The Kier molecular flexibility index (Phi) is 3.43. The van der Waals surface area contributed by atoms with E-state index in [2.05, 4.69) is 30.7 Å². The first-order valence-corrected chi connectivity index (χ1v) is 8.06. The number of aromatic nitrogens is 5. The average Bonchev–Trinajstić information content (AvgIpc) is 3.08. The number of imidazole rings is 1. The van der Waals surface area contributed by atoms with Crippen LogP contribution in [-0.2, 0) is 9.84 Å². The number of nitrogens with zero attached hydrogens (tertiary/aromatic N) is 5. The molecule has 1 unspecified atom stereocenters. The summed E-state index contributed by atoms with van der Waals surface area (Å²) in [7, 11) is -2.97. The summed E-state index contributed by atoms with van der Waals surface area (Å²) in [5, 5.41) is 3.00. The Labute approximate surface area is 120 Å². The molecule has 2 aromatic rings. The summed E-state index contributed by atoms with van der Waals surface area (Å²) in [5.74, 6) is 6.36. The maximum Gasteiger partial charge on any atom is 0.243 e. The zero-order valence-corrected chi connectivity index (χ0v) is 11.8. The van der Waals surface area contributed by atoms with Crippen molar-refractivity contribution in [3.05, 3.63) is 18.7 Å². The SMILES string of the molecule is NNc1nc(NC2CCS(=O)(=O)C2)nc(-n2ccnc2)n1. The second-order valence-electron chi connectivity index (χ2n) is 4.64. The summed E-state index contributed by atoms with van der Waals surface area (Å²) in [6.07, 6.45) is 5.34. The van der Waals surface area contributed by atoms with E-state index in [1.807, 2.05) is 0 Å². The Hall–Kier alpha value is -2.27. The predicted molar refractivity (Wildman–Crippen MR) is 75.4 cm³/mol. The van der Waals surface area contributed by atoms with Crippen LogP contribution in [0.3, 0.4) is 0 Å². The number of hydrazine groups is 1. The van der Waals surface area contributed by atoms with E-state index in [0.29, 0.717) is 12.4 Å². The minimum Gasteiger partial charge on any atom is -0.350 e. The quantitative estimate of drug-likeness (QED) is 0.476. The van der Waals surface area contributed by atoms with Gasteiger partial charge in [0.1, 0.15) is 6.33 Å². The Morgan fingerprint density at radius 2 is 2.10 bits per heavy atom. The largest absolute Gasteiger partial charge is 0.350 e. The van der Waals surface area contributed by atoms with Gasteiger partial charge in [-0.05, 0) is 6.42 Å². The summed E-state index contributed by atoms with van der Waals surface area (Å²) >= 11 is 0. The number of nitrogen functional groups attached to an aromatic ring is 1. The number of anilines is 2. The molecule has 4 N–H and O–H groups in total. The molecule has 0 aliphatic carbocycles. The van der Waals surface area contributed by atoms with Crippen LogP contribution in [0.4, 0.5) is 11.9 Å². The number of sulfone groups is 1. The van der Waals surface area contributed by atoms with Gasteiger partial charge < -0.3 is 5.32 Å². The monoisotopic (exact) mass is 310 g/mol. The second kappa shape index (κ2) is 5.26. The summed E-state index contributed by atoms with van der Waals surface area (Å²) < 4.78 is 24.5. The van der Waals surface area contributed by atoms with Gasteiger partial charge in [0, 0.05) is 18.4 Å². The molecule has 0 aromatic carbocycles. The van der Waals surface area contributed by atoms with Crippen LogP contribution in [0.5, 0.6) is 0 Å². The fourth-order valence-corrected chi connectivity index (χ4v) is 3.75. The summed E-state index contributed by atoms with van der Waals surface area (Å²) in [5.41, 5.74) is 2.36. The highest BCUT2D eigenvalue weighted by Gasteiger charge is 2.28. The molecule has 112 valence electrons. The van der Waals surface area contributed by atoms with E-state index in [1.165, 1.54) is 0 Å². The molecule has 1 atom stereocenters. The predicted octanol–water partition coefficient (Wildman–Crippen LogP) is -1.06. The van der Waals surface area contributed by atoms with Gasteiger partial charge in [0.15, 0.2) is 9.84 Å². The lowest BCUT2D eigenvalue weighted by Crippen LogP contribution is -2.23. The van der Waals surface area contributed by atoms with Crippen molar-refractivity contribution >= 4 is 21.7 Å². The molecular weight excluding hydrogens is 296 g/mol. The van der Waals surface area contributed by atoms with Crippen LogP contribution >= 0.6 is 0 Å². The lowest BCUT2D eigenvalue weighted by atomic mass is 10.3. The molecule has 0 amide bonds. The van der Waals surface area contributed by atoms with E-state index >= 15 is 0 Å². The highest BCUT2D eigenvalue weighted by Crippen LogP contribution is 2.16. The van der Waals surface area contributed by atoms with Crippen molar-refractivity contribution in [1.82, 2.24) is 24.5 Å². The van der Waals surface area contributed by atoms with Crippen molar-refractivity contribution in [2.75, 3.05) is 22.2 Å². The summed E-state index contributed by atoms with van der Waals surface area (Å²) in [6, 6.07) is -0.210. The first-order valence-electron chi connectivity index (χ1n) is 6.24. The highest BCUT2D eigenvalue weighted by molar-refractivity contribution is 7.91. The van der Waals surface area contributed by atoms with Crippen LogP contribution in [0, 0.1) is 0 Å². The molecule has 1 aliphatic heterocycles. The third kappa shape index (κ3) is 3.08. The van der Waals surface area contributed by atoms with Gasteiger partial charge in [0.25, 0.3) is 0 Å². The molecule has 10 nitrogen and oxygen atoms in total.